The van der Waals surface area contributed by atoms with E-state index in [1.165, 1.54) is 38.5 Å². The Hall–Kier alpha value is -1.71. The zero-order valence-corrected chi connectivity index (χ0v) is 13.7. The molecule has 1 aromatic heterocycles. The van der Waals surface area contributed by atoms with Gasteiger partial charge in [-0.25, -0.2) is 4.79 Å². The highest BCUT2D eigenvalue weighted by atomic mass is 16.5. The van der Waals surface area contributed by atoms with Gasteiger partial charge in [0.2, 0.25) is 0 Å². The van der Waals surface area contributed by atoms with E-state index in [-0.39, 0.29) is 11.2 Å². The first kappa shape index (κ1) is 13.7. The first-order valence-electron chi connectivity index (χ1n) is 9.05. The van der Waals surface area contributed by atoms with Crippen molar-refractivity contribution in [2.24, 2.45) is 17.8 Å². The first-order chi connectivity index (χ1) is 11.2. The second-order valence-electron chi connectivity index (χ2n) is 8.02. The number of imidazole rings is 1. The molecule has 4 heteroatoms. The molecule has 2 aromatic rings. The predicted octanol–water partition coefficient (Wildman–Crippen LogP) is 3.65. The maximum absolute atomic E-state index is 12.8. The van der Waals surface area contributed by atoms with Gasteiger partial charge >= 0.3 is 5.69 Å². The molecule has 4 fully saturated rings. The molecule has 1 N–H and O–H groups in total. The molecule has 4 aliphatic carbocycles. The number of rotatable bonds is 3. The van der Waals surface area contributed by atoms with Crippen LogP contribution in [0, 0.1) is 17.8 Å². The summed E-state index contributed by atoms with van der Waals surface area (Å²) in [5.41, 5.74) is 2.09. The molecule has 0 amide bonds. The molecule has 4 bridgehead atoms. The average molecular weight is 312 g/mol. The maximum Gasteiger partial charge on any atom is 0.326 e. The van der Waals surface area contributed by atoms with Crippen LogP contribution in [-0.4, -0.2) is 16.2 Å². The van der Waals surface area contributed by atoms with E-state index < -0.39 is 0 Å². The van der Waals surface area contributed by atoms with Gasteiger partial charge in [0.25, 0.3) is 0 Å². The van der Waals surface area contributed by atoms with Crippen LogP contribution in [0.15, 0.2) is 23.0 Å². The lowest BCUT2D eigenvalue weighted by molar-refractivity contribution is -0.0425. The van der Waals surface area contributed by atoms with Gasteiger partial charge < -0.3 is 9.72 Å². The monoisotopic (exact) mass is 312 g/mol. The first-order valence-corrected chi connectivity index (χ1v) is 9.05. The summed E-state index contributed by atoms with van der Waals surface area (Å²) in [5, 5.41) is 0. The largest absolute Gasteiger partial charge is 0.494 e. The van der Waals surface area contributed by atoms with Crippen LogP contribution in [0.4, 0.5) is 0 Å². The standard InChI is InChI=1S/C19H24N2O2/c1-2-23-15-3-4-16-17(8-15)21(18(22)20-16)19-9-12-5-13(10-19)7-14(6-12)11-19/h3-4,8,12-14H,2,5-7,9-11H2,1H3,(H,20,22). The van der Waals surface area contributed by atoms with Gasteiger partial charge in [-0.15, -0.1) is 0 Å². The lowest BCUT2D eigenvalue weighted by Gasteiger charge is -2.57. The third kappa shape index (κ3) is 1.93. The number of fused-ring (bicyclic) bond motifs is 1. The Balaban J connectivity index is 1.69. The molecule has 0 spiro atoms. The number of aromatic amines is 1. The van der Waals surface area contributed by atoms with Crippen molar-refractivity contribution in [1.82, 2.24) is 9.55 Å². The fraction of sp³-hybridized carbons (Fsp3) is 0.632. The molecule has 1 aromatic carbocycles. The Morgan fingerprint density at radius 1 is 1.17 bits per heavy atom. The molecule has 0 aliphatic heterocycles. The lowest BCUT2D eigenvalue weighted by Crippen LogP contribution is -2.54. The average Bonchev–Trinajstić information content (AvgIpc) is 2.82. The van der Waals surface area contributed by atoms with Crippen LogP contribution >= 0.6 is 0 Å². The summed E-state index contributed by atoms with van der Waals surface area (Å²) in [5.74, 6) is 3.34. The van der Waals surface area contributed by atoms with E-state index in [2.05, 4.69) is 15.6 Å². The Morgan fingerprint density at radius 3 is 2.43 bits per heavy atom. The van der Waals surface area contributed by atoms with Gasteiger partial charge in [-0.1, -0.05) is 0 Å². The van der Waals surface area contributed by atoms with Crippen molar-refractivity contribution >= 4 is 11.0 Å². The minimum absolute atomic E-state index is 0.0505. The second-order valence-corrected chi connectivity index (χ2v) is 8.02. The number of H-pyrrole nitrogens is 1. The van der Waals surface area contributed by atoms with Gasteiger partial charge in [-0.05, 0) is 75.3 Å². The quantitative estimate of drug-likeness (QED) is 0.940. The minimum Gasteiger partial charge on any atom is -0.494 e. The van der Waals surface area contributed by atoms with Crippen LogP contribution in [0.2, 0.25) is 0 Å². The van der Waals surface area contributed by atoms with E-state index in [1.807, 2.05) is 19.1 Å². The zero-order chi connectivity index (χ0) is 15.6. The van der Waals surface area contributed by atoms with E-state index in [9.17, 15) is 4.79 Å². The van der Waals surface area contributed by atoms with Gasteiger partial charge in [0.1, 0.15) is 5.75 Å². The van der Waals surface area contributed by atoms with E-state index >= 15 is 0 Å². The van der Waals surface area contributed by atoms with Crippen molar-refractivity contribution in [2.45, 2.75) is 51.0 Å². The number of ether oxygens (including phenoxy) is 1. The SMILES string of the molecule is CCOc1ccc2[nH]c(=O)n(C34CC5CC(CC(C5)C3)C4)c2c1. The fourth-order valence-electron chi connectivity index (χ4n) is 6.15. The van der Waals surface area contributed by atoms with Crippen molar-refractivity contribution in [3.8, 4) is 5.75 Å². The van der Waals surface area contributed by atoms with E-state index in [1.54, 1.807) is 0 Å². The molecule has 0 saturated heterocycles. The van der Waals surface area contributed by atoms with Crippen molar-refractivity contribution in [2.75, 3.05) is 6.61 Å². The molecular formula is C19H24N2O2. The number of aromatic nitrogens is 2. The van der Waals surface area contributed by atoms with Crippen LogP contribution in [0.1, 0.15) is 45.4 Å². The number of hydrogen-bond donors (Lipinski definition) is 1. The highest BCUT2D eigenvalue weighted by Crippen LogP contribution is 2.58. The minimum atomic E-state index is 0.0505. The topological polar surface area (TPSA) is 47.0 Å². The smallest absolute Gasteiger partial charge is 0.326 e. The molecule has 4 saturated carbocycles. The molecule has 0 atom stereocenters. The highest BCUT2D eigenvalue weighted by molar-refractivity contribution is 5.77. The highest BCUT2D eigenvalue weighted by Gasteiger charge is 2.52. The van der Waals surface area contributed by atoms with Gasteiger partial charge in [-0.3, -0.25) is 4.57 Å². The third-order valence-corrected chi connectivity index (χ3v) is 6.45. The van der Waals surface area contributed by atoms with Crippen LogP contribution in [-0.2, 0) is 5.54 Å². The number of hydrogen-bond acceptors (Lipinski definition) is 2. The summed E-state index contributed by atoms with van der Waals surface area (Å²) < 4.78 is 7.77. The fourth-order valence-corrected chi connectivity index (χ4v) is 6.15. The van der Waals surface area contributed by atoms with Gasteiger partial charge in [0.05, 0.1) is 23.2 Å². The van der Waals surface area contributed by atoms with Crippen molar-refractivity contribution in [1.29, 1.82) is 0 Å². The molecular weight excluding hydrogens is 288 g/mol. The normalized spacial score (nSPS) is 35.1. The molecule has 4 nitrogen and oxygen atoms in total. The summed E-state index contributed by atoms with van der Waals surface area (Å²) in [6.07, 6.45) is 7.72. The molecule has 122 valence electrons. The lowest BCUT2D eigenvalue weighted by atomic mass is 9.53. The van der Waals surface area contributed by atoms with E-state index in [0.29, 0.717) is 6.61 Å². The Bertz CT molecular complexity index is 781. The van der Waals surface area contributed by atoms with Crippen LogP contribution in [0.25, 0.3) is 11.0 Å². The van der Waals surface area contributed by atoms with Gasteiger partial charge in [0.15, 0.2) is 0 Å². The maximum atomic E-state index is 12.8. The van der Waals surface area contributed by atoms with E-state index in [4.69, 9.17) is 4.74 Å². The Labute approximate surface area is 135 Å². The summed E-state index contributed by atoms with van der Waals surface area (Å²) in [6.45, 7) is 2.64. The second kappa shape index (κ2) is 4.65. The van der Waals surface area contributed by atoms with E-state index in [0.717, 1.165) is 34.5 Å². The number of benzene rings is 1. The predicted molar refractivity (Wildman–Crippen MR) is 89.9 cm³/mol. The zero-order valence-electron chi connectivity index (χ0n) is 13.7. The molecule has 0 unspecified atom stereocenters. The summed E-state index contributed by atoms with van der Waals surface area (Å²) in [6, 6.07) is 5.99. The van der Waals surface area contributed by atoms with Crippen LogP contribution in [0.5, 0.6) is 5.75 Å². The van der Waals surface area contributed by atoms with Crippen molar-refractivity contribution in [3.63, 3.8) is 0 Å². The summed E-state index contributed by atoms with van der Waals surface area (Å²) in [7, 11) is 0. The van der Waals surface area contributed by atoms with Crippen molar-refractivity contribution < 1.29 is 4.74 Å². The van der Waals surface area contributed by atoms with Gasteiger partial charge in [0, 0.05) is 6.07 Å². The Morgan fingerprint density at radius 2 is 1.83 bits per heavy atom. The summed E-state index contributed by atoms with van der Waals surface area (Å²) >= 11 is 0. The van der Waals surface area contributed by atoms with Crippen LogP contribution < -0.4 is 10.4 Å². The Kier molecular flexibility index (Phi) is 2.77. The molecule has 0 radical (unpaired) electrons. The van der Waals surface area contributed by atoms with Crippen LogP contribution in [0.3, 0.4) is 0 Å². The third-order valence-electron chi connectivity index (χ3n) is 6.45. The van der Waals surface area contributed by atoms with Crippen molar-refractivity contribution in [3.05, 3.63) is 28.7 Å². The molecule has 6 rings (SSSR count). The van der Waals surface area contributed by atoms with Gasteiger partial charge in [-0.2, -0.15) is 0 Å². The summed E-state index contributed by atoms with van der Waals surface area (Å²) in [4.78, 5) is 15.9. The number of nitrogens with zero attached hydrogens (tertiary/aromatic N) is 1. The molecule has 23 heavy (non-hydrogen) atoms. The molecule has 4 aliphatic rings. The molecule has 1 heterocycles. The number of nitrogens with one attached hydrogen (secondary N) is 1.